The van der Waals surface area contributed by atoms with Crippen molar-refractivity contribution in [1.82, 2.24) is 0 Å². The molecule has 0 aromatic carbocycles. The summed E-state index contributed by atoms with van der Waals surface area (Å²) in [6, 6.07) is 0. The summed E-state index contributed by atoms with van der Waals surface area (Å²) < 4.78 is 5.18. The van der Waals surface area contributed by atoms with Gasteiger partial charge in [0.2, 0.25) is 0 Å². The summed E-state index contributed by atoms with van der Waals surface area (Å²) in [5.74, 6) is 0.329. The lowest BCUT2D eigenvalue weighted by molar-refractivity contribution is -0.105. The van der Waals surface area contributed by atoms with Gasteiger partial charge >= 0.3 is 0 Å². The molecule has 1 aliphatic heterocycles. The number of aliphatic hydroxyl groups excluding tert-OH is 1. The lowest BCUT2D eigenvalue weighted by Gasteiger charge is -2.06. The summed E-state index contributed by atoms with van der Waals surface area (Å²) >= 11 is 0. The maximum atomic E-state index is 9.08. The van der Waals surface area contributed by atoms with E-state index in [9.17, 15) is 0 Å². The van der Waals surface area contributed by atoms with Crippen molar-refractivity contribution in [3.63, 3.8) is 0 Å². The molecule has 0 radical (unpaired) electrons. The molecule has 3 atom stereocenters. The van der Waals surface area contributed by atoms with E-state index in [-0.39, 0.29) is 0 Å². The van der Waals surface area contributed by atoms with Crippen LogP contribution in [-0.4, -0.2) is 17.5 Å². The maximum absolute atomic E-state index is 9.08. The van der Waals surface area contributed by atoms with Gasteiger partial charge in [-0.15, -0.1) is 0 Å². The summed E-state index contributed by atoms with van der Waals surface area (Å²) in [7, 11) is 0. The first-order chi connectivity index (χ1) is 4.24. The lowest BCUT2D eigenvalue weighted by atomic mass is 10.1. The second-order valence-electron chi connectivity index (χ2n) is 2.77. The lowest BCUT2D eigenvalue weighted by Crippen LogP contribution is -2.11. The van der Waals surface area contributed by atoms with Gasteiger partial charge in [-0.25, -0.2) is 0 Å². The van der Waals surface area contributed by atoms with Gasteiger partial charge in [-0.05, 0) is 12.8 Å². The molecule has 3 unspecified atom stereocenters. The molecule has 1 rings (SSSR count). The zero-order valence-corrected chi connectivity index (χ0v) is 6.00. The van der Waals surface area contributed by atoms with Crippen LogP contribution >= 0.6 is 0 Å². The van der Waals surface area contributed by atoms with Gasteiger partial charge in [-0.3, -0.25) is 0 Å². The molecule has 54 valence electrons. The largest absolute Gasteiger partial charge is 0.368 e. The minimum atomic E-state index is -0.505. The highest BCUT2D eigenvalue weighted by Gasteiger charge is 2.28. The molecule has 2 nitrogen and oxygen atoms in total. The average Bonchev–Trinajstić information content (AvgIpc) is 2.13. The Morgan fingerprint density at radius 2 is 2.33 bits per heavy atom. The van der Waals surface area contributed by atoms with Crippen LogP contribution in [0.25, 0.3) is 0 Å². The number of aliphatic hydroxyl groups is 1. The average molecular weight is 130 g/mol. The van der Waals surface area contributed by atoms with E-state index in [1.54, 1.807) is 0 Å². The summed E-state index contributed by atoms with van der Waals surface area (Å²) in [5, 5.41) is 9.08. The molecule has 2 heteroatoms. The van der Waals surface area contributed by atoms with Crippen molar-refractivity contribution in [1.29, 1.82) is 0 Å². The minimum Gasteiger partial charge on any atom is -0.368 e. The van der Waals surface area contributed by atoms with Crippen molar-refractivity contribution in [3.8, 4) is 0 Å². The van der Waals surface area contributed by atoms with E-state index < -0.39 is 6.29 Å². The molecule has 1 heterocycles. The number of rotatable bonds is 1. The third-order valence-electron chi connectivity index (χ3n) is 1.91. The summed E-state index contributed by atoms with van der Waals surface area (Å²) in [4.78, 5) is 0. The number of hydrogen-bond acceptors (Lipinski definition) is 2. The van der Waals surface area contributed by atoms with E-state index in [4.69, 9.17) is 9.84 Å². The van der Waals surface area contributed by atoms with Crippen LogP contribution in [0.1, 0.15) is 26.7 Å². The topological polar surface area (TPSA) is 29.5 Å². The zero-order valence-electron chi connectivity index (χ0n) is 6.00. The van der Waals surface area contributed by atoms with Crippen molar-refractivity contribution in [2.45, 2.75) is 39.1 Å². The van der Waals surface area contributed by atoms with Gasteiger partial charge in [-0.2, -0.15) is 0 Å². The molecule has 0 bridgehead atoms. The van der Waals surface area contributed by atoms with E-state index >= 15 is 0 Å². The van der Waals surface area contributed by atoms with Crippen LogP contribution in [0.5, 0.6) is 0 Å². The smallest absolute Gasteiger partial charge is 0.157 e. The van der Waals surface area contributed by atoms with Crippen LogP contribution in [0.2, 0.25) is 0 Å². The monoisotopic (exact) mass is 130 g/mol. The second kappa shape index (κ2) is 2.67. The highest BCUT2D eigenvalue weighted by atomic mass is 16.6. The molecule has 9 heavy (non-hydrogen) atoms. The first-order valence-corrected chi connectivity index (χ1v) is 3.57. The van der Waals surface area contributed by atoms with Gasteiger partial charge in [0.1, 0.15) is 0 Å². The number of hydrogen-bond donors (Lipinski definition) is 1. The van der Waals surface area contributed by atoms with Gasteiger partial charge in [0.25, 0.3) is 0 Å². The molecule has 1 saturated heterocycles. The third kappa shape index (κ3) is 1.43. The van der Waals surface area contributed by atoms with Gasteiger partial charge in [-0.1, -0.05) is 13.8 Å². The van der Waals surface area contributed by atoms with Crippen LogP contribution in [0.3, 0.4) is 0 Å². The predicted molar refractivity (Wildman–Crippen MR) is 35.0 cm³/mol. The quantitative estimate of drug-likeness (QED) is 0.576. The van der Waals surface area contributed by atoms with Crippen LogP contribution in [-0.2, 0) is 4.74 Å². The minimum absolute atomic E-state index is 0.301. The van der Waals surface area contributed by atoms with Crippen molar-refractivity contribution < 1.29 is 9.84 Å². The first-order valence-electron chi connectivity index (χ1n) is 3.57. The molecule has 1 N–H and O–H groups in total. The number of ether oxygens (including phenoxy) is 1. The molecule has 0 amide bonds. The van der Waals surface area contributed by atoms with Gasteiger partial charge in [0.15, 0.2) is 6.29 Å². The Balaban J connectivity index is 2.35. The molecule has 0 aromatic heterocycles. The Hall–Kier alpha value is -0.0800. The molecule has 0 saturated carbocycles. The van der Waals surface area contributed by atoms with E-state index in [1.807, 2.05) is 6.92 Å². The Labute approximate surface area is 55.8 Å². The highest BCUT2D eigenvalue weighted by molar-refractivity contribution is 4.71. The fourth-order valence-electron chi connectivity index (χ4n) is 1.18. The van der Waals surface area contributed by atoms with Gasteiger partial charge in [0.05, 0.1) is 6.10 Å². The van der Waals surface area contributed by atoms with E-state index in [2.05, 4.69) is 6.92 Å². The summed E-state index contributed by atoms with van der Waals surface area (Å²) in [5.41, 5.74) is 0. The molecule has 0 spiro atoms. The fraction of sp³-hybridized carbons (Fsp3) is 1.00. The van der Waals surface area contributed by atoms with Crippen LogP contribution in [0.15, 0.2) is 0 Å². The van der Waals surface area contributed by atoms with Crippen LogP contribution in [0.4, 0.5) is 0 Å². The van der Waals surface area contributed by atoms with Crippen molar-refractivity contribution in [3.05, 3.63) is 0 Å². The first kappa shape index (κ1) is 7.03. The highest BCUT2D eigenvalue weighted by Crippen LogP contribution is 2.25. The van der Waals surface area contributed by atoms with Crippen LogP contribution < -0.4 is 0 Å². The second-order valence-corrected chi connectivity index (χ2v) is 2.77. The predicted octanol–water partition coefficient (Wildman–Crippen LogP) is 1.14. The van der Waals surface area contributed by atoms with Crippen LogP contribution in [0, 0.1) is 5.92 Å². The maximum Gasteiger partial charge on any atom is 0.157 e. The third-order valence-corrected chi connectivity index (χ3v) is 1.91. The Morgan fingerprint density at radius 3 is 2.56 bits per heavy atom. The van der Waals surface area contributed by atoms with E-state index in [0.717, 1.165) is 12.8 Å². The van der Waals surface area contributed by atoms with Gasteiger partial charge < -0.3 is 9.84 Å². The summed E-state index contributed by atoms with van der Waals surface area (Å²) in [6.45, 7) is 4.09. The molecular weight excluding hydrogens is 116 g/mol. The SMILES string of the molecule is CCC1CC(C)C(O)O1. The van der Waals surface area contributed by atoms with Gasteiger partial charge in [0, 0.05) is 5.92 Å². The molecule has 1 aliphatic rings. The Morgan fingerprint density at radius 1 is 1.67 bits per heavy atom. The Kier molecular flexibility index (Phi) is 2.09. The van der Waals surface area contributed by atoms with E-state index in [0.29, 0.717) is 12.0 Å². The zero-order chi connectivity index (χ0) is 6.85. The van der Waals surface area contributed by atoms with E-state index in [1.165, 1.54) is 0 Å². The molecule has 1 fully saturated rings. The summed E-state index contributed by atoms with van der Waals surface area (Å²) in [6.07, 6.45) is 1.82. The van der Waals surface area contributed by atoms with Crippen molar-refractivity contribution in [2.24, 2.45) is 5.92 Å². The Bertz CT molecular complexity index is 82.9. The normalized spacial score (nSPS) is 43.7. The standard InChI is InChI=1S/C7H14O2/c1-3-6-4-5(2)7(8)9-6/h5-8H,3-4H2,1-2H3. The fourth-order valence-corrected chi connectivity index (χ4v) is 1.18. The van der Waals surface area contributed by atoms with Crippen molar-refractivity contribution >= 4 is 0 Å². The molecular formula is C7H14O2. The molecule has 0 aromatic rings. The molecule has 0 aliphatic carbocycles. The van der Waals surface area contributed by atoms with Crippen molar-refractivity contribution in [2.75, 3.05) is 0 Å².